The number of rotatable bonds is 1. The topological polar surface area (TPSA) is 3.24 Å². The maximum atomic E-state index is 5.71. The second kappa shape index (κ2) is 3.43. The van der Waals surface area contributed by atoms with Crippen LogP contribution >= 0.6 is 11.6 Å². The standard InChI is InChI=1S/C7H14ClN/c1-9-4-2-7(6-8)3-5-9/h7H,2-6H2,1H3. The molecule has 0 aliphatic carbocycles. The Balaban J connectivity index is 2.18. The summed E-state index contributed by atoms with van der Waals surface area (Å²) < 4.78 is 0. The Morgan fingerprint density at radius 3 is 2.44 bits per heavy atom. The Morgan fingerprint density at radius 1 is 1.44 bits per heavy atom. The van der Waals surface area contributed by atoms with Crippen molar-refractivity contribution in [2.45, 2.75) is 12.8 Å². The Bertz CT molecular complexity index is 77.0. The molecule has 0 N–H and O–H groups in total. The molecule has 0 bridgehead atoms. The average Bonchev–Trinajstić information content (AvgIpc) is 1.90. The van der Waals surface area contributed by atoms with Gasteiger partial charge in [0.25, 0.3) is 0 Å². The van der Waals surface area contributed by atoms with Crippen LogP contribution in [0.2, 0.25) is 0 Å². The normalized spacial score (nSPS) is 24.7. The molecule has 1 saturated heterocycles. The summed E-state index contributed by atoms with van der Waals surface area (Å²) in [6, 6.07) is 0. The van der Waals surface area contributed by atoms with E-state index in [4.69, 9.17) is 11.6 Å². The molecular weight excluding hydrogens is 134 g/mol. The number of alkyl halides is 1. The van der Waals surface area contributed by atoms with Gasteiger partial charge in [-0.25, -0.2) is 0 Å². The molecule has 1 rings (SSSR count). The second-order valence-electron chi connectivity index (χ2n) is 2.90. The number of hydrogen-bond acceptors (Lipinski definition) is 1. The number of nitrogens with zero attached hydrogens (tertiary/aromatic N) is 1. The van der Waals surface area contributed by atoms with Crippen molar-refractivity contribution in [2.24, 2.45) is 5.92 Å². The molecule has 1 nitrogen and oxygen atoms in total. The van der Waals surface area contributed by atoms with Gasteiger partial charge < -0.3 is 4.90 Å². The van der Waals surface area contributed by atoms with Crippen molar-refractivity contribution in [1.82, 2.24) is 4.90 Å². The summed E-state index contributed by atoms with van der Waals surface area (Å²) in [6.45, 7) is 2.47. The minimum absolute atomic E-state index is 0.794. The van der Waals surface area contributed by atoms with Crippen LogP contribution in [0.1, 0.15) is 12.8 Å². The Morgan fingerprint density at radius 2 is 2.00 bits per heavy atom. The van der Waals surface area contributed by atoms with E-state index in [-0.39, 0.29) is 0 Å². The third kappa shape index (κ3) is 2.15. The van der Waals surface area contributed by atoms with E-state index in [1.807, 2.05) is 0 Å². The molecule has 0 radical (unpaired) electrons. The van der Waals surface area contributed by atoms with Gasteiger partial charge in [0.05, 0.1) is 0 Å². The van der Waals surface area contributed by atoms with E-state index in [1.165, 1.54) is 25.9 Å². The molecule has 2 heteroatoms. The van der Waals surface area contributed by atoms with Crippen LogP contribution in [0.25, 0.3) is 0 Å². The fraction of sp³-hybridized carbons (Fsp3) is 1.00. The molecule has 1 heterocycles. The van der Waals surface area contributed by atoms with E-state index < -0.39 is 0 Å². The highest BCUT2D eigenvalue weighted by molar-refractivity contribution is 6.18. The van der Waals surface area contributed by atoms with Crippen molar-refractivity contribution in [3.05, 3.63) is 0 Å². The highest BCUT2D eigenvalue weighted by Crippen LogP contribution is 2.16. The molecule has 0 atom stereocenters. The zero-order valence-electron chi connectivity index (χ0n) is 5.94. The zero-order chi connectivity index (χ0) is 6.69. The van der Waals surface area contributed by atoms with E-state index in [0.29, 0.717) is 0 Å². The number of hydrogen-bond donors (Lipinski definition) is 0. The molecule has 54 valence electrons. The van der Waals surface area contributed by atoms with E-state index in [9.17, 15) is 0 Å². The molecular formula is C7H14ClN. The van der Waals surface area contributed by atoms with E-state index in [0.717, 1.165) is 11.8 Å². The van der Waals surface area contributed by atoms with Crippen LogP contribution in [-0.2, 0) is 0 Å². The Kier molecular flexibility index (Phi) is 2.80. The lowest BCUT2D eigenvalue weighted by Gasteiger charge is -2.27. The van der Waals surface area contributed by atoms with Gasteiger partial charge in [0.15, 0.2) is 0 Å². The number of likely N-dealkylation sites (tertiary alicyclic amines) is 1. The van der Waals surface area contributed by atoms with Crippen LogP contribution in [0, 0.1) is 5.92 Å². The lowest BCUT2D eigenvalue weighted by atomic mass is 10.00. The summed E-state index contributed by atoms with van der Waals surface area (Å²) in [4.78, 5) is 2.36. The van der Waals surface area contributed by atoms with Gasteiger partial charge in [-0.1, -0.05) is 0 Å². The number of piperidine rings is 1. The van der Waals surface area contributed by atoms with Crippen LogP contribution < -0.4 is 0 Å². The van der Waals surface area contributed by atoms with Gasteiger partial charge in [-0.15, -0.1) is 11.6 Å². The first kappa shape index (κ1) is 7.36. The maximum Gasteiger partial charge on any atom is 0.0252 e. The van der Waals surface area contributed by atoms with Gasteiger partial charge in [0.1, 0.15) is 0 Å². The molecule has 0 aromatic carbocycles. The van der Waals surface area contributed by atoms with E-state index in [2.05, 4.69) is 11.9 Å². The van der Waals surface area contributed by atoms with Gasteiger partial charge in [0, 0.05) is 5.88 Å². The summed E-state index contributed by atoms with van der Waals surface area (Å²) in [5.74, 6) is 1.65. The minimum Gasteiger partial charge on any atom is -0.306 e. The zero-order valence-corrected chi connectivity index (χ0v) is 6.69. The first-order chi connectivity index (χ1) is 4.33. The van der Waals surface area contributed by atoms with Gasteiger partial charge in [-0.3, -0.25) is 0 Å². The third-order valence-corrected chi connectivity index (χ3v) is 2.49. The molecule has 9 heavy (non-hydrogen) atoms. The van der Waals surface area contributed by atoms with Crippen molar-refractivity contribution in [3.8, 4) is 0 Å². The summed E-state index contributed by atoms with van der Waals surface area (Å²) >= 11 is 5.71. The molecule has 1 aliphatic heterocycles. The first-order valence-corrected chi connectivity index (χ1v) is 4.11. The predicted octanol–water partition coefficient (Wildman–Crippen LogP) is 1.57. The molecule has 0 spiro atoms. The fourth-order valence-electron chi connectivity index (χ4n) is 1.22. The first-order valence-electron chi connectivity index (χ1n) is 3.57. The quantitative estimate of drug-likeness (QED) is 0.509. The lowest BCUT2D eigenvalue weighted by Crippen LogP contribution is -2.30. The van der Waals surface area contributed by atoms with Gasteiger partial charge in [0.2, 0.25) is 0 Å². The van der Waals surface area contributed by atoms with E-state index in [1.54, 1.807) is 0 Å². The lowest BCUT2D eigenvalue weighted by molar-refractivity contribution is 0.232. The van der Waals surface area contributed by atoms with E-state index >= 15 is 0 Å². The summed E-state index contributed by atoms with van der Waals surface area (Å²) in [6.07, 6.45) is 2.58. The minimum atomic E-state index is 0.794. The fourth-order valence-corrected chi connectivity index (χ4v) is 1.52. The van der Waals surface area contributed by atoms with Gasteiger partial charge in [-0.05, 0) is 38.9 Å². The summed E-state index contributed by atoms with van der Waals surface area (Å²) in [5.41, 5.74) is 0. The maximum absolute atomic E-state index is 5.71. The predicted molar refractivity (Wildman–Crippen MR) is 40.9 cm³/mol. The van der Waals surface area contributed by atoms with Crippen molar-refractivity contribution >= 4 is 11.6 Å². The Labute approximate surface area is 62.0 Å². The largest absolute Gasteiger partial charge is 0.306 e. The molecule has 0 amide bonds. The molecule has 1 aliphatic rings. The molecule has 1 fully saturated rings. The smallest absolute Gasteiger partial charge is 0.0252 e. The highest BCUT2D eigenvalue weighted by atomic mass is 35.5. The van der Waals surface area contributed by atoms with Crippen molar-refractivity contribution in [1.29, 1.82) is 0 Å². The monoisotopic (exact) mass is 147 g/mol. The second-order valence-corrected chi connectivity index (χ2v) is 3.21. The molecule has 0 unspecified atom stereocenters. The van der Waals surface area contributed by atoms with Crippen LogP contribution in [0.15, 0.2) is 0 Å². The summed E-state index contributed by atoms with van der Waals surface area (Å²) in [7, 11) is 2.17. The SMILES string of the molecule is CN1CCC(CCl)CC1. The average molecular weight is 148 g/mol. The van der Waals surface area contributed by atoms with Gasteiger partial charge >= 0.3 is 0 Å². The number of halogens is 1. The van der Waals surface area contributed by atoms with Crippen molar-refractivity contribution in [2.75, 3.05) is 26.0 Å². The third-order valence-electron chi connectivity index (χ3n) is 2.06. The van der Waals surface area contributed by atoms with Crippen molar-refractivity contribution < 1.29 is 0 Å². The van der Waals surface area contributed by atoms with Crippen LogP contribution in [0.4, 0.5) is 0 Å². The molecule has 0 saturated carbocycles. The van der Waals surface area contributed by atoms with Crippen LogP contribution in [-0.4, -0.2) is 30.9 Å². The molecule has 0 aromatic heterocycles. The van der Waals surface area contributed by atoms with Crippen molar-refractivity contribution in [3.63, 3.8) is 0 Å². The summed E-state index contributed by atoms with van der Waals surface area (Å²) in [5, 5.41) is 0. The molecule has 0 aromatic rings. The van der Waals surface area contributed by atoms with Crippen LogP contribution in [0.5, 0.6) is 0 Å². The highest BCUT2D eigenvalue weighted by Gasteiger charge is 2.14. The van der Waals surface area contributed by atoms with Gasteiger partial charge in [-0.2, -0.15) is 0 Å². The Hall–Kier alpha value is 0.250. The van der Waals surface area contributed by atoms with Crippen LogP contribution in [0.3, 0.4) is 0 Å².